The fraction of sp³-hybridized carbons (Fsp3) is 0. The molecule has 0 aliphatic heterocycles. The van der Waals surface area contributed by atoms with Gasteiger partial charge in [0.1, 0.15) is 0 Å². The van der Waals surface area contributed by atoms with E-state index >= 15 is 0 Å². The molecular formula is C7H7F3N4. The Hall–Kier alpha value is -1.76. The van der Waals surface area contributed by atoms with Gasteiger partial charge in [-0.1, -0.05) is 0 Å². The number of nitrogens with two attached hydrogens (primary N) is 2. The van der Waals surface area contributed by atoms with E-state index in [1.54, 1.807) is 0 Å². The highest BCUT2D eigenvalue weighted by atomic mass is 19.2. The summed E-state index contributed by atoms with van der Waals surface area (Å²) in [6, 6.07) is 1.39. The van der Waals surface area contributed by atoms with Crippen LogP contribution < -0.4 is 17.0 Å². The summed E-state index contributed by atoms with van der Waals surface area (Å²) < 4.78 is 37.7. The molecule has 1 rings (SSSR count). The van der Waals surface area contributed by atoms with Crippen LogP contribution >= 0.6 is 0 Å². The summed E-state index contributed by atoms with van der Waals surface area (Å²) in [4.78, 5) is 3.45. The van der Waals surface area contributed by atoms with Crippen molar-refractivity contribution in [2.45, 2.75) is 0 Å². The smallest absolute Gasteiger partial charge is 0.208 e. The summed E-state index contributed by atoms with van der Waals surface area (Å²) in [6.07, 6.45) is 0. The second-order valence-corrected chi connectivity index (χ2v) is 2.36. The fourth-order valence-electron chi connectivity index (χ4n) is 0.778. The lowest BCUT2D eigenvalue weighted by Crippen LogP contribution is -2.36. The van der Waals surface area contributed by atoms with Gasteiger partial charge in [0.15, 0.2) is 17.5 Å². The van der Waals surface area contributed by atoms with Crippen LogP contribution in [0.15, 0.2) is 17.1 Å². The van der Waals surface area contributed by atoms with Crippen LogP contribution in [0.2, 0.25) is 0 Å². The van der Waals surface area contributed by atoms with Crippen LogP contribution in [0, 0.1) is 17.5 Å². The minimum atomic E-state index is -1.55. The number of guanidine groups is 1. The number of rotatable bonds is 1. The molecule has 14 heavy (non-hydrogen) atoms. The lowest BCUT2D eigenvalue weighted by atomic mass is 10.3. The van der Waals surface area contributed by atoms with Crippen molar-refractivity contribution in [1.82, 2.24) is 5.43 Å². The van der Waals surface area contributed by atoms with Gasteiger partial charge in [0.2, 0.25) is 5.96 Å². The largest absolute Gasteiger partial charge is 0.369 e. The van der Waals surface area contributed by atoms with Gasteiger partial charge in [-0.3, -0.25) is 5.43 Å². The zero-order valence-corrected chi connectivity index (χ0v) is 6.89. The predicted molar refractivity (Wildman–Crippen MR) is 44.9 cm³/mol. The monoisotopic (exact) mass is 204 g/mol. The van der Waals surface area contributed by atoms with Gasteiger partial charge in [0.05, 0.1) is 5.69 Å². The number of benzene rings is 1. The van der Waals surface area contributed by atoms with Crippen molar-refractivity contribution in [2.24, 2.45) is 16.6 Å². The SMILES string of the molecule is NNC(N)=Nc1cc(F)c(F)c(F)c1. The minimum Gasteiger partial charge on any atom is -0.369 e. The van der Waals surface area contributed by atoms with Crippen LogP contribution in [0.4, 0.5) is 18.9 Å². The second kappa shape index (κ2) is 3.97. The molecule has 1 aromatic rings. The van der Waals surface area contributed by atoms with E-state index in [2.05, 4.69) is 4.99 Å². The maximum Gasteiger partial charge on any atom is 0.208 e. The molecule has 0 heterocycles. The number of nitrogens with zero attached hydrogens (tertiary/aromatic N) is 1. The third-order valence-electron chi connectivity index (χ3n) is 1.37. The third-order valence-corrected chi connectivity index (χ3v) is 1.37. The molecule has 0 bridgehead atoms. The molecule has 0 spiro atoms. The van der Waals surface area contributed by atoms with Crippen LogP contribution in [0.3, 0.4) is 0 Å². The highest BCUT2D eigenvalue weighted by Crippen LogP contribution is 2.19. The van der Waals surface area contributed by atoms with Crippen molar-refractivity contribution >= 4 is 11.6 Å². The van der Waals surface area contributed by atoms with Crippen molar-refractivity contribution in [1.29, 1.82) is 0 Å². The lowest BCUT2D eigenvalue weighted by Gasteiger charge is -2.00. The van der Waals surface area contributed by atoms with Crippen LogP contribution in [0.25, 0.3) is 0 Å². The number of nitrogens with one attached hydrogen (secondary N) is 1. The Morgan fingerprint density at radius 2 is 1.71 bits per heavy atom. The Kier molecular flexibility index (Phi) is 2.92. The van der Waals surface area contributed by atoms with Gasteiger partial charge < -0.3 is 5.73 Å². The van der Waals surface area contributed by atoms with Gasteiger partial charge in [0.25, 0.3) is 0 Å². The van der Waals surface area contributed by atoms with Crippen LogP contribution in [0.1, 0.15) is 0 Å². The van der Waals surface area contributed by atoms with Crippen LogP contribution in [0.5, 0.6) is 0 Å². The molecule has 0 atom stereocenters. The zero-order chi connectivity index (χ0) is 10.7. The van der Waals surface area contributed by atoms with Gasteiger partial charge in [0, 0.05) is 12.1 Å². The Morgan fingerprint density at radius 1 is 1.21 bits per heavy atom. The summed E-state index contributed by atoms with van der Waals surface area (Å²) in [5.74, 6) is 0.387. The molecule has 0 aromatic heterocycles. The van der Waals surface area contributed by atoms with Crippen molar-refractivity contribution in [2.75, 3.05) is 0 Å². The number of aliphatic imine (C=N–C) groups is 1. The van der Waals surface area contributed by atoms with Crippen LogP contribution in [-0.2, 0) is 0 Å². The zero-order valence-electron chi connectivity index (χ0n) is 6.89. The maximum absolute atomic E-state index is 12.6. The molecule has 1 aromatic carbocycles. The number of hydrazine groups is 1. The molecule has 0 saturated heterocycles. The number of halogens is 3. The molecule has 0 radical (unpaired) electrons. The Labute approximate surface area is 77.4 Å². The summed E-state index contributed by atoms with van der Waals surface area (Å²) in [7, 11) is 0. The van der Waals surface area contributed by atoms with Gasteiger partial charge in [-0.25, -0.2) is 24.0 Å². The third kappa shape index (κ3) is 2.13. The molecule has 76 valence electrons. The summed E-state index contributed by atoms with van der Waals surface area (Å²) >= 11 is 0. The van der Waals surface area contributed by atoms with E-state index in [1.165, 1.54) is 0 Å². The van der Waals surface area contributed by atoms with E-state index in [4.69, 9.17) is 11.6 Å². The minimum absolute atomic E-state index is 0.170. The van der Waals surface area contributed by atoms with E-state index in [0.29, 0.717) is 12.1 Å². The Balaban J connectivity index is 3.13. The van der Waals surface area contributed by atoms with Crippen molar-refractivity contribution in [3.8, 4) is 0 Å². The molecule has 0 fully saturated rings. The van der Waals surface area contributed by atoms with Crippen molar-refractivity contribution in [3.63, 3.8) is 0 Å². The molecule has 0 amide bonds. The fourth-order valence-corrected chi connectivity index (χ4v) is 0.778. The average Bonchev–Trinajstić information content (AvgIpc) is 2.14. The van der Waals surface area contributed by atoms with Gasteiger partial charge in [-0.15, -0.1) is 0 Å². The molecule has 4 nitrogen and oxygen atoms in total. The van der Waals surface area contributed by atoms with E-state index in [0.717, 1.165) is 0 Å². The van der Waals surface area contributed by atoms with Gasteiger partial charge in [-0.2, -0.15) is 0 Å². The summed E-state index contributed by atoms with van der Waals surface area (Å²) in [6.45, 7) is 0. The lowest BCUT2D eigenvalue weighted by molar-refractivity contribution is 0.447. The quantitative estimate of drug-likeness (QED) is 0.205. The first-order valence-electron chi connectivity index (χ1n) is 3.50. The van der Waals surface area contributed by atoms with Crippen LogP contribution in [-0.4, -0.2) is 5.96 Å². The molecule has 0 saturated carbocycles. The van der Waals surface area contributed by atoms with E-state index < -0.39 is 17.5 Å². The molecule has 0 aliphatic rings. The molecular weight excluding hydrogens is 197 g/mol. The highest BCUT2D eigenvalue weighted by molar-refractivity contribution is 5.80. The van der Waals surface area contributed by atoms with E-state index in [-0.39, 0.29) is 11.6 Å². The molecule has 7 heteroatoms. The van der Waals surface area contributed by atoms with Gasteiger partial charge >= 0.3 is 0 Å². The van der Waals surface area contributed by atoms with Gasteiger partial charge in [-0.05, 0) is 0 Å². The first-order chi connectivity index (χ1) is 6.54. The molecule has 0 unspecified atom stereocenters. The topological polar surface area (TPSA) is 76.4 Å². The molecule has 0 aliphatic carbocycles. The Bertz CT molecular complexity index is 354. The average molecular weight is 204 g/mol. The highest BCUT2D eigenvalue weighted by Gasteiger charge is 2.09. The van der Waals surface area contributed by atoms with E-state index in [1.807, 2.05) is 5.43 Å². The van der Waals surface area contributed by atoms with Crippen molar-refractivity contribution in [3.05, 3.63) is 29.6 Å². The second-order valence-electron chi connectivity index (χ2n) is 2.36. The van der Waals surface area contributed by atoms with E-state index in [9.17, 15) is 13.2 Å². The van der Waals surface area contributed by atoms with Crippen molar-refractivity contribution < 1.29 is 13.2 Å². The summed E-state index contributed by atoms with van der Waals surface area (Å²) in [5, 5.41) is 0. The standard InChI is InChI=1S/C7H7F3N4/c8-4-1-3(13-7(11)14-12)2-5(9)6(4)10/h1-2H,12H2,(H3,11,13,14). The summed E-state index contributed by atoms with van der Waals surface area (Å²) in [5.41, 5.74) is 6.90. The number of hydrogen-bond donors (Lipinski definition) is 3. The first kappa shape index (κ1) is 10.3. The number of hydrogen-bond acceptors (Lipinski definition) is 2. The molecule has 5 N–H and O–H groups in total. The first-order valence-corrected chi connectivity index (χ1v) is 3.50. The Morgan fingerprint density at radius 3 is 2.14 bits per heavy atom. The normalized spacial score (nSPS) is 11.6. The maximum atomic E-state index is 12.6. The predicted octanol–water partition coefficient (Wildman–Crippen LogP) is 0.513.